The summed E-state index contributed by atoms with van der Waals surface area (Å²) >= 11 is 0. The van der Waals surface area contributed by atoms with Crippen LogP contribution in [0.1, 0.15) is 0 Å². The van der Waals surface area contributed by atoms with E-state index in [0.717, 1.165) is 0 Å². The highest BCUT2D eigenvalue weighted by Gasteiger charge is 2.44. The van der Waals surface area contributed by atoms with Gasteiger partial charge in [-0.3, -0.25) is 10.1 Å². The molecule has 0 aliphatic carbocycles. The number of carbonyl (C=O) groups excluding carboxylic acids is 2. The summed E-state index contributed by atoms with van der Waals surface area (Å²) in [5.74, 6) is 0.145. The van der Waals surface area contributed by atoms with E-state index in [-0.39, 0.29) is 11.0 Å². The molecule has 0 spiro atoms. The van der Waals surface area contributed by atoms with Gasteiger partial charge in [0.2, 0.25) is 5.91 Å². The van der Waals surface area contributed by atoms with Gasteiger partial charge in [0, 0.05) is 12.6 Å². The topological polar surface area (TPSA) is 107 Å². The fourth-order valence-electron chi connectivity index (χ4n) is 2.53. The Balaban J connectivity index is 2.43. The van der Waals surface area contributed by atoms with Crippen LogP contribution in [0.3, 0.4) is 0 Å². The van der Waals surface area contributed by atoms with E-state index in [1.807, 2.05) is 0 Å². The Morgan fingerprint density at radius 2 is 2.15 bits per heavy atom. The van der Waals surface area contributed by atoms with Gasteiger partial charge in [0.25, 0.3) is 0 Å². The molecule has 1 fully saturated rings. The SMILES string of the molecule is COc1cccc([N+]2(C(N)=O)CCNC(C(N)=O)C2)c1. The van der Waals surface area contributed by atoms with E-state index in [9.17, 15) is 9.59 Å². The van der Waals surface area contributed by atoms with Crippen LogP contribution in [0.25, 0.3) is 0 Å². The first kappa shape index (κ1) is 14.3. The monoisotopic (exact) mass is 279 g/mol. The standard InChI is InChI=1S/C13H18N4O3/c1-20-10-4-2-3-9(7-10)17(13(15)19)6-5-16-11(8-17)12(14)18/h2-4,7,11,16H,5-6,8H2,1H3,(H3-,14,15,18,19)/p+1. The van der Waals surface area contributed by atoms with Gasteiger partial charge in [-0.1, -0.05) is 6.07 Å². The number of carbonyl (C=O) groups is 2. The number of quaternary nitrogens is 1. The quantitative estimate of drug-likeness (QED) is 0.650. The minimum atomic E-state index is -0.581. The number of benzene rings is 1. The van der Waals surface area contributed by atoms with Crippen LogP contribution in [0.4, 0.5) is 10.5 Å². The zero-order valence-electron chi connectivity index (χ0n) is 11.3. The number of hydrogen-bond acceptors (Lipinski definition) is 4. The van der Waals surface area contributed by atoms with Crippen molar-refractivity contribution in [3.63, 3.8) is 0 Å². The number of primary amides is 2. The number of ether oxygens (including phenoxy) is 1. The molecule has 2 unspecified atom stereocenters. The summed E-state index contributed by atoms with van der Waals surface area (Å²) in [6.07, 6.45) is 0. The first-order valence-electron chi connectivity index (χ1n) is 6.34. The van der Waals surface area contributed by atoms with Crippen LogP contribution in [0.2, 0.25) is 0 Å². The lowest BCUT2D eigenvalue weighted by molar-refractivity contribution is -0.120. The third-order valence-corrected chi connectivity index (χ3v) is 3.69. The normalized spacial score (nSPS) is 25.9. The van der Waals surface area contributed by atoms with Crippen LogP contribution < -0.4 is 26.0 Å². The van der Waals surface area contributed by atoms with E-state index < -0.39 is 18.0 Å². The van der Waals surface area contributed by atoms with Crippen molar-refractivity contribution in [2.24, 2.45) is 11.5 Å². The van der Waals surface area contributed by atoms with Crippen molar-refractivity contribution in [2.75, 3.05) is 26.7 Å². The molecule has 20 heavy (non-hydrogen) atoms. The number of nitrogens with one attached hydrogen (secondary N) is 1. The molecule has 1 saturated heterocycles. The number of rotatable bonds is 3. The van der Waals surface area contributed by atoms with E-state index in [1.54, 1.807) is 31.4 Å². The molecule has 2 atom stereocenters. The van der Waals surface area contributed by atoms with Crippen molar-refractivity contribution in [1.29, 1.82) is 0 Å². The second kappa shape index (κ2) is 5.48. The number of piperazine rings is 1. The first-order valence-corrected chi connectivity index (χ1v) is 6.34. The smallest absolute Gasteiger partial charge is 0.419 e. The Hall–Kier alpha value is -2.12. The predicted octanol–water partition coefficient (Wildman–Crippen LogP) is -0.462. The molecular formula is C13H19N4O3+. The third kappa shape index (κ3) is 2.45. The molecule has 3 amide bonds. The number of nitrogens with two attached hydrogens (primary N) is 2. The fraction of sp³-hybridized carbons (Fsp3) is 0.385. The van der Waals surface area contributed by atoms with Gasteiger partial charge in [0.05, 0.1) is 7.11 Å². The van der Waals surface area contributed by atoms with E-state index in [0.29, 0.717) is 24.5 Å². The van der Waals surface area contributed by atoms with E-state index >= 15 is 0 Å². The van der Waals surface area contributed by atoms with Crippen molar-refractivity contribution in [2.45, 2.75) is 6.04 Å². The van der Waals surface area contributed by atoms with Crippen LogP contribution in [0, 0.1) is 0 Å². The summed E-state index contributed by atoms with van der Waals surface area (Å²) < 4.78 is 5.06. The van der Waals surface area contributed by atoms with Crippen LogP contribution in [0.5, 0.6) is 5.75 Å². The lowest BCUT2D eigenvalue weighted by Gasteiger charge is -2.39. The van der Waals surface area contributed by atoms with Gasteiger partial charge in [0.15, 0.2) is 0 Å². The molecule has 1 aliphatic rings. The summed E-state index contributed by atoms with van der Waals surface area (Å²) in [5, 5.41) is 3.00. The second-order valence-corrected chi connectivity index (χ2v) is 4.82. The Labute approximate surface area is 117 Å². The van der Waals surface area contributed by atoms with Crippen LogP contribution >= 0.6 is 0 Å². The molecule has 7 nitrogen and oxygen atoms in total. The Morgan fingerprint density at radius 3 is 2.75 bits per heavy atom. The highest BCUT2D eigenvalue weighted by Crippen LogP contribution is 2.28. The molecule has 1 aromatic carbocycles. The highest BCUT2D eigenvalue weighted by molar-refractivity contribution is 5.88. The molecule has 5 N–H and O–H groups in total. The van der Waals surface area contributed by atoms with Crippen molar-refractivity contribution in [3.8, 4) is 5.75 Å². The van der Waals surface area contributed by atoms with Gasteiger partial charge in [-0.2, -0.15) is 0 Å². The van der Waals surface area contributed by atoms with Gasteiger partial charge >= 0.3 is 6.03 Å². The Bertz CT molecular complexity index is 534. The molecule has 2 rings (SSSR count). The summed E-state index contributed by atoms with van der Waals surface area (Å²) in [5.41, 5.74) is 11.6. The molecule has 1 aromatic rings. The molecule has 0 bridgehead atoms. The van der Waals surface area contributed by atoms with Gasteiger partial charge in [-0.05, 0) is 12.1 Å². The summed E-state index contributed by atoms with van der Waals surface area (Å²) in [7, 11) is 1.55. The summed E-state index contributed by atoms with van der Waals surface area (Å²) in [6.45, 7) is 1.15. The van der Waals surface area contributed by atoms with Crippen LogP contribution in [-0.4, -0.2) is 44.7 Å². The minimum Gasteiger partial charge on any atom is -0.497 e. The Kier molecular flexibility index (Phi) is 3.91. The van der Waals surface area contributed by atoms with Crippen molar-refractivity contribution in [1.82, 2.24) is 9.80 Å². The lowest BCUT2D eigenvalue weighted by atomic mass is 10.1. The van der Waals surface area contributed by atoms with Crippen molar-refractivity contribution < 1.29 is 14.3 Å². The molecule has 0 saturated carbocycles. The first-order chi connectivity index (χ1) is 9.49. The zero-order chi connectivity index (χ0) is 14.8. The maximum Gasteiger partial charge on any atom is 0.419 e. The highest BCUT2D eigenvalue weighted by atomic mass is 16.5. The number of amides is 3. The lowest BCUT2D eigenvalue weighted by Crippen LogP contribution is -2.70. The molecule has 0 radical (unpaired) electrons. The summed E-state index contributed by atoms with van der Waals surface area (Å²) in [6, 6.07) is 6.05. The largest absolute Gasteiger partial charge is 0.497 e. The maximum absolute atomic E-state index is 12.0. The van der Waals surface area contributed by atoms with Crippen LogP contribution in [0.15, 0.2) is 24.3 Å². The maximum atomic E-state index is 12.0. The third-order valence-electron chi connectivity index (χ3n) is 3.69. The van der Waals surface area contributed by atoms with Crippen molar-refractivity contribution in [3.05, 3.63) is 24.3 Å². The number of methoxy groups -OCH3 is 1. The zero-order valence-corrected chi connectivity index (χ0v) is 11.3. The van der Waals surface area contributed by atoms with E-state index in [1.165, 1.54) is 0 Å². The van der Waals surface area contributed by atoms with Gasteiger partial charge in [-0.15, -0.1) is 0 Å². The van der Waals surface area contributed by atoms with Gasteiger partial charge in [-0.25, -0.2) is 9.28 Å². The van der Waals surface area contributed by atoms with Crippen LogP contribution in [-0.2, 0) is 4.79 Å². The number of hydrogen-bond donors (Lipinski definition) is 3. The average Bonchev–Trinajstić information content (AvgIpc) is 2.47. The molecular weight excluding hydrogens is 260 g/mol. The van der Waals surface area contributed by atoms with Gasteiger partial charge in [0.1, 0.15) is 30.6 Å². The number of nitrogens with zero attached hydrogens (tertiary/aromatic N) is 1. The Morgan fingerprint density at radius 1 is 1.40 bits per heavy atom. The fourth-order valence-corrected chi connectivity index (χ4v) is 2.53. The molecule has 1 heterocycles. The van der Waals surface area contributed by atoms with E-state index in [4.69, 9.17) is 16.2 Å². The minimum absolute atomic E-state index is 0.113. The average molecular weight is 279 g/mol. The number of urea groups is 1. The molecule has 7 heteroatoms. The predicted molar refractivity (Wildman–Crippen MR) is 75.1 cm³/mol. The van der Waals surface area contributed by atoms with Crippen molar-refractivity contribution >= 4 is 17.6 Å². The van der Waals surface area contributed by atoms with Gasteiger partial charge < -0.3 is 16.2 Å². The molecule has 1 aliphatic heterocycles. The summed E-state index contributed by atoms with van der Waals surface area (Å²) in [4.78, 5) is 23.4. The second-order valence-electron chi connectivity index (χ2n) is 4.82. The van der Waals surface area contributed by atoms with E-state index in [2.05, 4.69) is 5.32 Å². The molecule has 0 aromatic heterocycles. The molecule has 108 valence electrons.